The molecule has 0 aliphatic heterocycles. The Labute approximate surface area is 404 Å². The van der Waals surface area contributed by atoms with Crippen molar-refractivity contribution in [2.45, 2.75) is 24.7 Å². The molecule has 0 saturated carbocycles. The van der Waals surface area contributed by atoms with Gasteiger partial charge in [-0.3, -0.25) is 0 Å². The molecule has 11 aromatic carbocycles. The molecule has 69 heavy (non-hydrogen) atoms. The molecule has 0 amide bonds. The summed E-state index contributed by atoms with van der Waals surface area (Å²) in [5.41, 5.74) is 25.8. The van der Waals surface area contributed by atoms with E-state index in [4.69, 9.17) is 0 Å². The van der Waals surface area contributed by atoms with Crippen molar-refractivity contribution in [2.24, 2.45) is 0 Å². The first-order valence-corrected chi connectivity index (χ1v) is 24.2. The Bertz CT molecular complexity index is 3830. The van der Waals surface area contributed by atoms with E-state index in [2.05, 4.69) is 267 Å². The summed E-state index contributed by atoms with van der Waals surface area (Å²) in [4.78, 5) is 2.52. The molecule has 324 valence electrons. The molecule has 11 aromatic rings. The average Bonchev–Trinajstić information content (AvgIpc) is 3.97. The molecule has 0 saturated heterocycles. The molecule has 0 fully saturated rings. The molecular formula is C68H47N. The highest BCUT2D eigenvalue weighted by Crippen LogP contribution is 2.64. The van der Waals surface area contributed by atoms with E-state index < -0.39 is 5.41 Å². The maximum absolute atomic E-state index is 2.52. The van der Waals surface area contributed by atoms with Gasteiger partial charge in [-0.25, -0.2) is 0 Å². The Balaban J connectivity index is 1.05. The monoisotopic (exact) mass is 877 g/mol. The minimum atomic E-state index is -0.460. The molecule has 0 radical (unpaired) electrons. The molecule has 0 atom stereocenters. The second-order valence-electron chi connectivity index (χ2n) is 19.6. The molecule has 0 unspecified atom stereocenters. The lowest BCUT2D eigenvalue weighted by molar-refractivity contribution is 0.660. The Morgan fingerprint density at radius 2 is 0.768 bits per heavy atom. The van der Waals surface area contributed by atoms with E-state index >= 15 is 0 Å². The fourth-order valence-corrected chi connectivity index (χ4v) is 12.6. The molecule has 0 heterocycles. The standard InChI is InChI=1S/C68H47N/c1-67(2)59-26-12-8-21-52(59)55-39-38-51(43-64(55)67)69(50-36-33-46(34-37-50)44-17-4-3-5-18-44)65-40-35-49(48-32-31-45-19-6-7-20-47(45)41-48)42-58(65)56-25-16-30-63-66(56)57-24-11-15-29-62(57)68(63)60-27-13-9-22-53(60)54-23-10-14-28-61(54)68/h3-43H,1-2H3. The van der Waals surface area contributed by atoms with Gasteiger partial charge in [0.15, 0.2) is 0 Å². The molecule has 0 N–H and O–H groups in total. The topological polar surface area (TPSA) is 3.24 Å². The second kappa shape index (κ2) is 15.0. The fourth-order valence-electron chi connectivity index (χ4n) is 12.6. The van der Waals surface area contributed by atoms with Crippen LogP contribution in [-0.4, -0.2) is 0 Å². The first-order chi connectivity index (χ1) is 34.0. The normalized spacial score (nSPS) is 13.9. The van der Waals surface area contributed by atoms with Crippen LogP contribution in [0.25, 0.3) is 77.5 Å². The molecule has 1 nitrogen and oxygen atoms in total. The summed E-state index contributed by atoms with van der Waals surface area (Å²) >= 11 is 0. The fraction of sp³-hybridized carbons (Fsp3) is 0.0588. The summed E-state index contributed by atoms with van der Waals surface area (Å²) in [6.45, 7) is 4.76. The second-order valence-corrected chi connectivity index (χ2v) is 19.6. The van der Waals surface area contributed by atoms with Gasteiger partial charge in [0.05, 0.1) is 11.1 Å². The van der Waals surface area contributed by atoms with Crippen LogP contribution in [0.4, 0.5) is 17.1 Å². The first-order valence-electron chi connectivity index (χ1n) is 24.2. The molecule has 3 aliphatic carbocycles. The third kappa shape index (κ3) is 5.71. The predicted molar refractivity (Wildman–Crippen MR) is 289 cm³/mol. The molecular weight excluding hydrogens is 831 g/mol. The molecule has 0 aromatic heterocycles. The number of hydrogen-bond acceptors (Lipinski definition) is 1. The summed E-state index contributed by atoms with van der Waals surface area (Å²) < 4.78 is 0. The van der Waals surface area contributed by atoms with E-state index in [0.29, 0.717) is 0 Å². The smallest absolute Gasteiger partial charge is 0.0725 e. The Kier molecular flexibility index (Phi) is 8.61. The predicted octanol–water partition coefficient (Wildman–Crippen LogP) is 18.0. The lowest BCUT2D eigenvalue weighted by Gasteiger charge is -2.31. The largest absolute Gasteiger partial charge is 0.310 e. The van der Waals surface area contributed by atoms with Crippen LogP contribution in [0.1, 0.15) is 47.2 Å². The van der Waals surface area contributed by atoms with Crippen LogP contribution >= 0.6 is 0 Å². The number of nitrogens with zero attached hydrogens (tertiary/aromatic N) is 1. The van der Waals surface area contributed by atoms with Crippen molar-refractivity contribution in [1.29, 1.82) is 0 Å². The highest BCUT2D eigenvalue weighted by molar-refractivity contribution is 6.04. The average molecular weight is 878 g/mol. The third-order valence-corrected chi connectivity index (χ3v) is 15.7. The molecule has 0 bridgehead atoms. The Hall–Kier alpha value is -8.52. The Morgan fingerprint density at radius 1 is 0.275 bits per heavy atom. The van der Waals surface area contributed by atoms with Crippen LogP contribution < -0.4 is 4.90 Å². The summed E-state index contributed by atoms with van der Waals surface area (Å²) in [5.74, 6) is 0. The number of anilines is 3. The molecule has 1 heteroatoms. The summed E-state index contributed by atoms with van der Waals surface area (Å²) in [5, 5.41) is 2.47. The lowest BCUT2D eigenvalue weighted by Crippen LogP contribution is -2.25. The van der Waals surface area contributed by atoms with Crippen LogP contribution in [0, 0.1) is 0 Å². The number of hydrogen-bond donors (Lipinski definition) is 0. The van der Waals surface area contributed by atoms with Crippen LogP contribution in [0.3, 0.4) is 0 Å². The molecule has 1 spiro atoms. The van der Waals surface area contributed by atoms with Crippen LogP contribution in [0.5, 0.6) is 0 Å². The SMILES string of the molecule is CC1(C)c2ccccc2-c2ccc(N(c3ccc(-c4ccccc4)cc3)c3ccc(-c4ccc5ccccc5c4)cc3-c3cccc4c3-c3ccccc3C43c4ccccc4-c4ccccc43)cc21. The van der Waals surface area contributed by atoms with Crippen molar-refractivity contribution < 1.29 is 0 Å². The van der Waals surface area contributed by atoms with E-state index in [1.807, 2.05) is 0 Å². The van der Waals surface area contributed by atoms with Gasteiger partial charge in [-0.1, -0.05) is 220 Å². The number of fused-ring (bicyclic) bond motifs is 14. The van der Waals surface area contributed by atoms with Gasteiger partial charge in [-0.05, 0) is 148 Å². The van der Waals surface area contributed by atoms with E-state index in [1.165, 1.54) is 111 Å². The number of rotatable bonds is 6. The minimum absolute atomic E-state index is 0.167. The lowest BCUT2D eigenvalue weighted by atomic mass is 9.70. The van der Waals surface area contributed by atoms with Crippen molar-refractivity contribution in [3.05, 3.63) is 282 Å². The van der Waals surface area contributed by atoms with Crippen LogP contribution in [0.2, 0.25) is 0 Å². The van der Waals surface area contributed by atoms with Crippen molar-refractivity contribution in [3.63, 3.8) is 0 Å². The Morgan fingerprint density at radius 3 is 1.49 bits per heavy atom. The van der Waals surface area contributed by atoms with Crippen LogP contribution in [-0.2, 0) is 10.8 Å². The maximum atomic E-state index is 2.52. The van der Waals surface area contributed by atoms with E-state index in [-0.39, 0.29) is 5.41 Å². The van der Waals surface area contributed by atoms with E-state index in [9.17, 15) is 0 Å². The maximum Gasteiger partial charge on any atom is 0.0725 e. The van der Waals surface area contributed by atoms with Gasteiger partial charge in [-0.2, -0.15) is 0 Å². The van der Waals surface area contributed by atoms with Gasteiger partial charge in [0.25, 0.3) is 0 Å². The van der Waals surface area contributed by atoms with Gasteiger partial charge in [0.2, 0.25) is 0 Å². The zero-order valence-electron chi connectivity index (χ0n) is 38.6. The van der Waals surface area contributed by atoms with Crippen LogP contribution in [0.15, 0.2) is 249 Å². The van der Waals surface area contributed by atoms with Gasteiger partial charge in [0, 0.05) is 22.4 Å². The van der Waals surface area contributed by atoms with Gasteiger partial charge in [-0.15, -0.1) is 0 Å². The first kappa shape index (κ1) is 39.6. The van der Waals surface area contributed by atoms with Gasteiger partial charge >= 0.3 is 0 Å². The minimum Gasteiger partial charge on any atom is -0.310 e. The summed E-state index contributed by atoms with van der Waals surface area (Å²) in [6.07, 6.45) is 0. The highest BCUT2D eigenvalue weighted by atomic mass is 15.1. The number of benzene rings is 11. The highest BCUT2D eigenvalue weighted by Gasteiger charge is 2.52. The van der Waals surface area contributed by atoms with Crippen molar-refractivity contribution >= 4 is 27.8 Å². The zero-order valence-corrected chi connectivity index (χ0v) is 38.6. The van der Waals surface area contributed by atoms with Gasteiger partial charge < -0.3 is 4.90 Å². The van der Waals surface area contributed by atoms with E-state index in [0.717, 1.165) is 17.1 Å². The summed E-state index contributed by atoms with van der Waals surface area (Å²) in [6, 6.07) is 93.3. The molecule has 3 aliphatic rings. The molecule has 14 rings (SSSR count). The summed E-state index contributed by atoms with van der Waals surface area (Å²) in [7, 11) is 0. The zero-order chi connectivity index (χ0) is 45.8. The third-order valence-electron chi connectivity index (χ3n) is 15.7. The van der Waals surface area contributed by atoms with Crippen molar-refractivity contribution in [2.75, 3.05) is 4.90 Å². The van der Waals surface area contributed by atoms with Crippen molar-refractivity contribution in [3.8, 4) is 66.8 Å². The van der Waals surface area contributed by atoms with Gasteiger partial charge in [0.1, 0.15) is 0 Å². The van der Waals surface area contributed by atoms with Crippen molar-refractivity contribution in [1.82, 2.24) is 0 Å². The van der Waals surface area contributed by atoms with E-state index in [1.54, 1.807) is 0 Å². The quantitative estimate of drug-likeness (QED) is 0.161.